The van der Waals surface area contributed by atoms with Gasteiger partial charge in [0.05, 0.1) is 6.54 Å². The molecular weight excluding hydrogens is 830 g/mol. The quantitative estimate of drug-likeness (QED) is 0.198. The number of nitrogens with zero attached hydrogens (tertiary/aromatic N) is 3. The van der Waals surface area contributed by atoms with Gasteiger partial charge in [-0.05, 0) is 76.0 Å². The largest absolute Gasteiger partial charge is 0.426 e. The van der Waals surface area contributed by atoms with Crippen molar-refractivity contribution in [1.29, 1.82) is 0 Å². The topological polar surface area (TPSA) is 198 Å². The second kappa shape index (κ2) is 22.0. The lowest BCUT2D eigenvalue weighted by Crippen LogP contribution is -2.62. The van der Waals surface area contributed by atoms with Crippen molar-refractivity contribution in [2.45, 2.75) is 147 Å². The van der Waals surface area contributed by atoms with Gasteiger partial charge in [-0.15, -0.1) is 0 Å². The van der Waals surface area contributed by atoms with Crippen LogP contribution in [0.1, 0.15) is 92.1 Å². The number of hydrogen-bond donors (Lipinski definition) is 5. The number of likely N-dealkylation sites (tertiary alicyclic amines) is 1. The highest BCUT2D eigenvalue weighted by atomic mass is 35.5. The first-order valence-electron chi connectivity index (χ1n) is 20.7. The van der Waals surface area contributed by atoms with Crippen molar-refractivity contribution in [3.63, 3.8) is 0 Å². The second-order valence-corrected chi connectivity index (χ2v) is 16.7. The SMILES string of the molecule is CC[C@H](NC(=O)[C@@H]1C[C@@H](F)CN1C(=O)[C@@](C)(O)C(F)(F)F)C(=O)N(CC)[C@H]1CCCCNC(=O)[C@@H](CC)NC(=O)[C@H](Cc2cccc(Cl)c2)N(C)C(=O)[C@H](CC(C)C)NC1=O. The van der Waals surface area contributed by atoms with E-state index >= 15 is 0 Å². The average Bonchev–Trinajstić information content (AvgIpc) is 3.59. The van der Waals surface area contributed by atoms with Gasteiger partial charge < -0.3 is 41.1 Å². The summed E-state index contributed by atoms with van der Waals surface area (Å²) in [5.74, 6) is -6.37. The van der Waals surface area contributed by atoms with Crippen LogP contribution in [-0.2, 0) is 40.0 Å². The maximum atomic E-state index is 14.6. The zero-order valence-corrected chi connectivity index (χ0v) is 36.5. The Morgan fingerprint density at radius 2 is 1.67 bits per heavy atom. The number of carbonyl (C=O) groups is 7. The molecule has 342 valence electrons. The summed E-state index contributed by atoms with van der Waals surface area (Å²) in [4.78, 5) is 99.4. The lowest BCUT2D eigenvalue weighted by atomic mass is 9.98. The molecule has 61 heavy (non-hydrogen) atoms. The van der Waals surface area contributed by atoms with Gasteiger partial charge in [0.2, 0.25) is 41.0 Å². The van der Waals surface area contributed by atoms with Crippen LogP contribution < -0.4 is 21.3 Å². The molecule has 2 aliphatic rings. The van der Waals surface area contributed by atoms with Crippen LogP contribution in [0.2, 0.25) is 5.02 Å². The van der Waals surface area contributed by atoms with Crippen molar-refractivity contribution in [1.82, 2.24) is 36.0 Å². The minimum absolute atomic E-state index is 0.0142. The van der Waals surface area contributed by atoms with Gasteiger partial charge in [-0.25, -0.2) is 4.39 Å². The minimum Gasteiger partial charge on any atom is -0.373 e. The third-order valence-electron chi connectivity index (χ3n) is 11.1. The fourth-order valence-corrected chi connectivity index (χ4v) is 7.71. The number of carbonyl (C=O) groups excluding carboxylic acids is 7. The predicted octanol–water partition coefficient (Wildman–Crippen LogP) is 2.80. The summed E-state index contributed by atoms with van der Waals surface area (Å²) in [5.41, 5.74) is -3.29. The molecule has 2 fully saturated rings. The first-order valence-corrected chi connectivity index (χ1v) is 21.1. The molecule has 0 saturated carbocycles. The maximum absolute atomic E-state index is 14.6. The number of rotatable bonds is 12. The van der Waals surface area contributed by atoms with Crippen molar-refractivity contribution >= 4 is 53.0 Å². The van der Waals surface area contributed by atoms with Gasteiger partial charge in [-0.1, -0.05) is 51.4 Å². The van der Waals surface area contributed by atoms with E-state index in [9.17, 15) is 56.2 Å². The van der Waals surface area contributed by atoms with Crippen LogP contribution >= 0.6 is 11.6 Å². The summed E-state index contributed by atoms with van der Waals surface area (Å²) in [6, 6.07) is -0.945. The van der Waals surface area contributed by atoms with E-state index in [0.717, 1.165) is 0 Å². The van der Waals surface area contributed by atoms with Gasteiger partial charge in [0.15, 0.2) is 0 Å². The Hall–Kier alpha value is -4.52. The molecule has 2 aliphatic heterocycles. The molecular formula is C41H60ClF4N7O8. The number of benzene rings is 1. The molecule has 1 aromatic carbocycles. The molecule has 0 radical (unpaired) electrons. The fraction of sp³-hybridized carbons (Fsp3) is 0.683. The fourth-order valence-electron chi connectivity index (χ4n) is 7.49. The maximum Gasteiger partial charge on any atom is 0.426 e. The summed E-state index contributed by atoms with van der Waals surface area (Å²) < 4.78 is 55.3. The molecule has 8 atom stereocenters. The number of nitrogens with one attached hydrogen (secondary N) is 4. The Bertz CT molecular complexity index is 1750. The van der Waals surface area contributed by atoms with E-state index in [1.807, 2.05) is 13.8 Å². The Morgan fingerprint density at radius 3 is 2.25 bits per heavy atom. The molecule has 0 aliphatic carbocycles. The molecule has 20 heteroatoms. The van der Waals surface area contributed by atoms with E-state index in [0.29, 0.717) is 21.9 Å². The Morgan fingerprint density at radius 1 is 1.02 bits per heavy atom. The van der Waals surface area contributed by atoms with Crippen LogP contribution in [0.4, 0.5) is 17.6 Å². The molecule has 15 nitrogen and oxygen atoms in total. The van der Waals surface area contributed by atoms with E-state index in [1.54, 1.807) is 38.1 Å². The van der Waals surface area contributed by atoms with Gasteiger partial charge >= 0.3 is 6.18 Å². The summed E-state index contributed by atoms with van der Waals surface area (Å²) in [7, 11) is 1.42. The van der Waals surface area contributed by atoms with E-state index < -0.39 is 109 Å². The molecule has 0 unspecified atom stereocenters. The smallest absolute Gasteiger partial charge is 0.373 e. The summed E-state index contributed by atoms with van der Waals surface area (Å²) >= 11 is 6.24. The van der Waals surface area contributed by atoms with Crippen molar-refractivity contribution < 1.29 is 56.2 Å². The normalized spacial score (nSPS) is 25.3. The monoisotopic (exact) mass is 889 g/mol. The third kappa shape index (κ3) is 13.0. The predicted molar refractivity (Wildman–Crippen MR) is 217 cm³/mol. The zero-order chi connectivity index (χ0) is 46.0. The van der Waals surface area contributed by atoms with Crippen LogP contribution in [0.25, 0.3) is 0 Å². The molecule has 0 aromatic heterocycles. The van der Waals surface area contributed by atoms with Gasteiger partial charge in [0.25, 0.3) is 5.91 Å². The van der Waals surface area contributed by atoms with Crippen LogP contribution in [0.3, 0.4) is 0 Å². The first-order chi connectivity index (χ1) is 28.5. The van der Waals surface area contributed by atoms with Crippen molar-refractivity contribution in [2.24, 2.45) is 5.92 Å². The van der Waals surface area contributed by atoms with Crippen molar-refractivity contribution in [3.05, 3.63) is 34.9 Å². The second-order valence-electron chi connectivity index (χ2n) is 16.2. The van der Waals surface area contributed by atoms with Crippen molar-refractivity contribution in [3.8, 4) is 0 Å². The minimum atomic E-state index is -5.43. The number of halogens is 5. The standard InChI is InChI=1S/C41H60ClF4N7O8/c1-8-27-33(54)47-17-12-11-16-30(34(55)50-29(18-23(4)5)37(58)51(7)31(35(56)48-27)20-24-14-13-15-25(42)19-24)52(10-3)38(59)28(9-2)49-36(57)32-21-26(43)22-53(32)39(60)40(6,61)41(44,45)46/h13-15,19,23,26-32,61H,8-12,16-18,20-22H2,1-7H3,(H,47,54)(H,48,56)(H,49,57)(H,50,55)/t26-,27-,28+,29+,30+,31+,32+,40-/m1/s1. The number of likely N-dealkylation sites (N-methyl/N-ethyl adjacent to an activating group) is 2. The molecule has 0 bridgehead atoms. The van der Waals surface area contributed by atoms with Crippen LogP contribution in [-0.4, -0.2) is 142 Å². The van der Waals surface area contributed by atoms with E-state index in [4.69, 9.17) is 11.6 Å². The van der Waals surface area contributed by atoms with Crippen molar-refractivity contribution in [2.75, 3.05) is 26.7 Å². The number of aliphatic hydroxyl groups is 1. The molecule has 0 spiro atoms. The molecule has 2 heterocycles. The van der Waals surface area contributed by atoms with Gasteiger partial charge in [-0.3, -0.25) is 33.6 Å². The van der Waals surface area contributed by atoms with Gasteiger partial charge in [0, 0.05) is 38.0 Å². The van der Waals surface area contributed by atoms with E-state index in [1.165, 1.54) is 23.8 Å². The first kappa shape index (κ1) is 50.8. The third-order valence-corrected chi connectivity index (χ3v) is 11.3. The van der Waals surface area contributed by atoms with Gasteiger partial charge in [-0.2, -0.15) is 13.2 Å². The van der Waals surface area contributed by atoms with Crippen LogP contribution in [0, 0.1) is 5.92 Å². The Kier molecular flexibility index (Phi) is 18.3. The number of hydrogen-bond acceptors (Lipinski definition) is 8. The zero-order valence-electron chi connectivity index (χ0n) is 35.7. The average molecular weight is 890 g/mol. The highest BCUT2D eigenvalue weighted by molar-refractivity contribution is 6.30. The van der Waals surface area contributed by atoms with E-state index in [-0.39, 0.29) is 64.5 Å². The highest BCUT2D eigenvalue weighted by Gasteiger charge is 2.59. The lowest BCUT2D eigenvalue weighted by Gasteiger charge is -2.36. The number of alkyl halides is 4. The van der Waals surface area contributed by atoms with Crippen LogP contribution in [0.15, 0.2) is 24.3 Å². The van der Waals surface area contributed by atoms with E-state index in [2.05, 4.69) is 21.3 Å². The number of amides is 7. The summed E-state index contributed by atoms with van der Waals surface area (Å²) in [5, 5.41) is 21.2. The summed E-state index contributed by atoms with van der Waals surface area (Å²) in [6.07, 6.45) is -7.04. The molecule has 5 N–H and O–H groups in total. The summed E-state index contributed by atoms with van der Waals surface area (Å²) in [6.45, 7) is 7.88. The van der Waals surface area contributed by atoms with Crippen LogP contribution in [0.5, 0.6) is 0 Å². The lowest BCUT2D eigenvalue weighted by molar-refractivity contribution is -0.250. The Labute approximate surface area is 359 Å². The Balaban J connectivity index is 1.99. The molecule has 7 amide bonds. The molecule has 1 aromatic rings. The molecule has 2 saturated heterocycles. The molecule has 3 rings (SSSR count). The van der Waals surface area contributed by atoms with Gasteiger partial charge in [0.1, 0.15) is 42.4 Å². The highest BCUT2D eigenvalue weighted by Crippen LogP contribution is 2.34.